The normalized spacial score (nSPS) is 33.6. The summed E-state index contributed by atoms with van der Waals surface area (Å²) in [4.78, 5) is 18.6. The fraction of sp³-hybridized carbons (Fsp3) is 0.800. The van der Waals surface area contributed by atoms with Crippen LogP contribution in [0.4, 0.5) is 0 Å². The Balaban J connectivity index is 0.906. The van der Waals surface area contributed by atoms with E-state index in [0.29, 0.717) is 50.2 Å². The summed E-state index contributed by atoms with van der Waals surface area (Å²) >= 11 is 0. The monoisotopic (exact) mass is 654 g/mol. The predicted molar refractivity (Wildman–Crippen MR) is 181 cm³/mol. The van der Waals surface area contributed by atoms with Gasteiger partial charge in [-0.1, -0.05) is 12.5 Å². The Morgan fingerprint density at radius 3 is 2.64 bits per heavy atom. The minimum Gasteiger partial charge on any atom is -0.491 e. The van der Waals surface area contributed by atoms with Gasteiger partial charge in [-0.2, -0.15) is 0 Å². The van der Waals surface area contributed by atoms with Crippen LogP contribution in [0.25, 0.3) is 0 Å². The molecule has 1 spiro atoms. The summed E-state index contributed by atoms with van der Waals surface area (Å²) in [6.07, 6.45) is 7.40. The first-order valence-corrected chi connectivity index (χ1v) is 18.3. The zero-order chi connectivity index (χ0) is 32.5. The standard InChI is InChI=1S/C35H58N8O4/c1-22(2)42-9-11-43(12-10-42)34-40-29(15-32(41-34)39-26-16-35(17-26)7-4-8-35)33(45)37-19-30(44)28-14-24-5-6-27(13-25(24)18-36-28)46-20-31-23(3)38-21-47-31/h5-6,13,22-23,26,28-32,34,36,38-41,44H,4,7-12,14-21H2,1-3H3,(H,37,45)/t23?,28-,29?,30+,31?,32?,34?/m0/s1. The van der Waals surface area contributed by atoms with E-state index >= 15 is 0 Å². The van der Waals surface area contributed by atoms with Crippen molar-refractivity contribution in [1.29, 1.82) is 0 Å². The minimum atomic E-state index is -0.694. The van der Waals surface area contributed by atoms with Crippen molar-refractivity contribution < 1.29 is 19.4 Å². The Kier molecular flexibility index (Phi) is 10.4. The number of carbonyl (C=O) groups is 1. The molecule has 2 saturated carbocycles. The van der Waals surface area contributed by atoms with Crippen LogP contribution in [0.1, 0.15) is 70.4 Å². The van der Waals surface area contributed by atoms with Crippen molar-refractivity contribution in [3.05, 3.63) is 29.3 Å². The third-order valence-electron chi connectivity index (χ3n) is 12.0. The van der Waals surface area contributed by atoms with Crippen molar-refractivity contribution in [2.75, 3.05) is 46.1 Å². The lowest BCUT2D eigenvalue weighted by Gasteiger charge is -2.56. The van der Waals surface area contributed by atoms with Gasteiger partial charge < -0.3 is 25.2 Å². The van der Waals surface area contributed by atoms with Gasteiger partial charge >= 0.3 is 0 Å². The largest absolute Gasteiger partial charge is 0.491 e. The number of ether oxygens (including phenoxy) is 2. The Bertz CT molecular complexity index is 1220. The molecule has 12 heteroatoms. The Morgan fingerprint density at radius 1 is 1.13 bits per heavy atom. The second kappa shape index (κ2) is 14.5. The van der Waals surface area contributed by atoms with E-state index in [1.54, 1.807) is 0 Å². The Hall–Kier alpha value is -1.87. The molecule has 7 N–H and O–H groups in total. The highest BCUT2D eigenvalue weighted by Gasteiger charge is 2.49. The number of carbonyl (C=O) groups excluding carboxylic acids is 1. The SMILES string of the molecule is CC1NCOC1COc1ccc2c(c1)CN[C@H]([C@H](O)CNC(=O)C1CC(NC3CC4(CCC4)C3)NC(N3CCN(C(C)C)CC3)N1)C2. The van der Waals surface area contributed by atoms with Crippen LogP contribution in [-0.4, -0.2) is 122 Å². The number of aliphatic hydroxyl groups is 1. The quantitative estimate of drug-likeness (QED) is 0.179. The molecule has 5 unspecified atom stereocenters. The number of hydrogen-bond acceptors (Lipinski definition) is 11. The van der Waals surface area contributed by atoms with Gasteiger partial charge in [-0.05, 0) is 81.5 Å². The molecule has 0 aromatic heterocycles. The Morgan fingerprint density at radius 2 is 1.94 bits per heavy atom. The maximum Gasteiger partial charge on any atom is 0.237 e. The second-order valence-electron chi connectivity index (χ2n) is 15.5. The maximum absolute atomic E-state index is 13.6. The van der Waals surface area contributed by atoms with Crippen LogP contribution in [0, 0.1) is 5.41 Å². The molecule has 5 fully saturated rings. The maximum atomic E-state index is 13.6. The van der Waals surface area contributed by atoms with Crippen molar-refractivity contribution in [2.24, 2.45) is 5.41 Å². The van der Waals surface area contributed by atoms with E-state index in [9.17, 15) is 9.90 Å². The molecule has 3 saturated heterocycles. The van der Waals surface area contributed by atoms with E-state index in [0.717, 1.165) is 31.9 Å². The van der Waals surface area contributed by atoms with Gasteiger partial charge in [0.05, 0.1) is 25.0 Å². The molecule has 4 aliphatic heterocycles. The number of rotatable bonds is 11. The molecule has 262 valence electrons. The summed E-state index contributed by atoms with van der Waals surface area (Å²) in [7, 11) is 0. The summed E-state index contributed by atoms with van der Waals surface area (Å²) in [6, 6.07) is 7.07. The smallest absolute Gasteiger partial charge is 0.237 e. The highest BCUT2D eigenvalue weighted by molar-refractivity contribution is 5.82. The first-order chi connectivity index (χ1) is 22.7. The van der Waals surface area contributed by atoms with Crippen molar-refractivity contribution >= 4 is 5.91 Å². The van der Waals surface area contributed by atoms with Gasteiger partial charge in [-0.3, -0.25) is 35.9 Å². The predicted octanol–water partition coefficient (Wildman–Crippen LogP) is 0.401. The number of fused-ring (bicyclic) bond motifs is 1. The van der Waals surface area contributed by atoms with Crippen LogP contribution >= 0.6 is 0 Å². The van der Waals surface area contributed by atoms with Gasteiger partial charge in [0, 0.05) is 69.9 Å². The molecule has 0 radical (unpaired) electrons. The minimum absolute atomic E-state index is 0.0407. The lowest BCUT2D eigenvalue weighted by molar-refractivity contribution is -0.126. The summed E-state index contributed by atoms with van der Waals surface area (Å²) in [6.45, 7) is 12.6. The van der Waals surface area contributed by atoms with E-state index in [1.807, 2.05) is 6.07 Å². The van der Waals surface area contributed by atoms with Gasteiger partial charge in [-0.15, -0.1) is 0 Å². The van der Waals surface area contributed by atoms with Crippen LogP contribution in [0.2, 0.25) is 0 Å². The lowest BCUT2D eigenvalue weighted by Crippen LogP contribution is -2.73. The van der Waals surface area contributed by atoms with Crippen molar-refractivity contribution in [2.45, 2.75) is 127 Å². The summed E-state index contributed by atoms with van der Waals surface area (Å²) < 4.78 is 11.7. The first-order valence-electron chi connectivity index (χ1n) is 18.3. The highest BCUT2D eigenvalue weighted by Crippen LogP contribution is 2.55. The van der Waals surface area contributed by atoms with Gasteiger partial charge in [0.2, 0.25) is 5.91 Å². The number of hydrogen-bond donors (Lipinski definition) is 7. The summed E-state index contributed by atoms with van der Waals surface area (Å²) in [5.74, 6) is 0.794. The highest BCUT2D eigenvalue weighted by atomic mass is 16.5. The molecule has 1 aromatic rings. The molecule has 0 bridgehead atoms. The van der Waals surface area contributed by atoms with E-state index in [4.69, 9.17) is 9.47 Å². The zero-order valence-corrected chi connectivity index (χ0v) is 28.6. The number of benzene rings is 1. The fourth-order valence-electron chi connectivity index (χ4n) is 8.58. The lowest BCUT2D eigenvalue weighted by atomic mass is 9.54. The molecule has 7 rings (SSSR count). The van der Waals surface area contributed by atoms with Crippen molar-refractivity contribution in [3.63, 3.8) is 0 Å². The van der Waals surface area contributed by atoms with Gasteiger partial charge in [0.15, 0.2) is 0 Å². The average Bonchev–Trinajstić information content (AvgIpc) is 3.46. The zero-order valence-electron chi connectivity index (χ0n) is 28.6. The molecule has 4 heterocycles. The van der Waals surface area contributed by atoms with Gasteiger partial charge in [0.1, 0.15) is 24.8 Å². The van der Waals surface area contributed by atoms with Crippen LogP contribution in [0.15, 0.2) is 18.2 Å². The van der Waals surface area contributed by atoms with Crippen LogP contribution in [0.3, 0.4) is 0 Å². The third-order valence-corrected chi connectivity index (χ3v) is 12.0. The molecular weight excluding hydrogens is 596 g/mol. The van der Waals surface area contributed by atoms with Crippen molar-refractivity contribution in [1.82, 2.24) is 41.7 Å². The number of piperazine rings is 1. The molecule has 1 amide bonds. The number of amides is 1. The van der Waals surface area contributed by atoms with E-state index in [-0.39, 0.29) is 49.1 Å². The van der Waals surface area contributed by atoms with E-state index < -0.39 is 6.10 Å². The number of aliphatic hydroxyl groups excluding tert-OH is 1. The van der Waals surface area contributed by atoms with Crippen molar-refractivity contribution in [3.8, 4) is 5.75 Å². The topological polar surface area (TPSA) is 134 Å². The van der Waals surface area contributed by atoms with Gasteiger partial charge in [-0.25, -0.2) is 0 Å². The molecule has 2 aliphatic carbocycles. The molecule has 12 nitrogen and oxygen atoms in total. The van der Waals surface area contributed by atoms with Gasteiger partial charge in [0.25, 0.3) is 0 Å². The van der Waals surface area contributed by atoms with E-state index in [1.165, 1.54) is 43.2 Å². The molecular formula is C35H58N8O4. The molecule has 7 atom stereocenters. The van der Waals surface area contributed by atoms with Crippen LogP contribution < -0.4 is 36.6 Å². The molecule has 1 aromatic carbocycles. The number of nitrogens with one attached hydrogen (secondary N) is 6. The molecule has 6 aliphatic rings. The average molecular weight is 655 g/mol. The van der Waals surface area contributed by atoms with Crippen LogP contribution in [0.5, 0.6) is 5.75 Å². The van der Waals surface area contributed by atoms with Crippen LogP contribution in [-0.2, 0) is 22.5 Å². The second-order valence-corrected chi connectivity index (χ2v) is 15.5. The van der Waals surface area contributed by atoms with E-state index in [2.05, 4.69) is 74.6 Å². The summed E-state index contributed by atoms with van der Waals surface area (Å²) in [5.41, 5.74) is 2.99. The first kappa shape index (κ1) is 33.6. The summed E-state index contributed by atoms with van der Waals surface area (Å²) in [5, 5.41) is 32.3. The third kappa shape index (κ3) is 7.81. The fourth-order valence-corrected chi connectivity index (χ4v) is 8.58. The number of nitrogens with zero attached hydrogens (tertiary/aromatic N) is 2. The Labute approximate surface area is 280 Å². The molecule has 47 heavy (non-hydrogen) atoms.